The predicted molar refractivity (Wildman–Crippen MR) is 103 cm³/mol. The first kappa shape index (κ1) is 22.0. The molecule has 0 amide bonds. The summed E-state index contributed by atoms with van der Waals surface area (Å²) in [6.07, 6.45) is -4.42. The van der Waals surface area contributed by atoms with Gasteiger partial charge in [-0.05, 0) is 24.6 Å². The number of nitrogens with one attached hydrogen (secondary N) is 2. The fraction of sp³-hybridized carbons (Fsp3) is 0.444. The lowest BCUT2D eigenvalue weighted by atomic mass is 10.2. The van der Waals surface area contributed by atoms with E-state index in [1.807, 2.05) is 31.2 Å². The van der Waals surface area contributed by atoms with Crippen LogP contribution in [0.1, 0.15) is 23.2 Å². The van der Waals surface area contributed by atoms with Gasteiger partial charge >= 0.3 is 6.18 Å². The van der Waals surface area contributed by atoms with Gasteiger partial charge < -0.3 is 20.1 Å². The molecule has 28 heavy (non-hydrogen) atoms. The normalized spacial score (nSPS) is 12.1. The third kappa shape index (κ3) is 7.35. The van der Waals surface area contributed by atoms with Crippen LogP contribution in [-0.2, 0) is 24.0 Å². The maximum atomic E-state index is 12.6. The van der Waals surface area contributed by atoms with E-state index in [0.717, 1.165) is 28.0 Å². The van der Waals surface area contributed by atoms with Crippen molar-refractivity contribution in [2.75, 3.05) is 26.9 Å². The molecule has 2 aromatic rings. The number of hydrogen-bond donors (Lipinski definition) is 2. The fourth-order valence-corrected chi connectivity index (χ4v) is 2.87. The van der Waals surface area contributed by atoms with Crippen LogP contribution in [0, 0.1) is 0 Å². The first-order valence-electron chi connectivity index (χ1n) is 8.66. The average molecular weight is 416 g/mol. The van der Waals surface area contributed by atoms with Crippen LogP contribution in [0.2, 0.25) is 0 Å². The number of alkyl halides is 3. The van der Waals surface area contributed by atoms with Gasteiger partial charge in [-0.3, -0.25) is 0 Å². The Kier molecular flexibility index (Phi) is 8.52. The summed E-state index contributed by atoms with van der Waals surface area (Å²) >= 11 is 0.961. The molecule has 0 saturated carbocycles. The van der Waals surface area contributed by atoms with Gasteiger partial charge in [-0.2, -0.15) is 13.2 Å². The van der Waals surface area contributed by atoms with Crippen LogP contribution in [0.25, 0.3) is 0 Å². The molecule has 0 saturated heterocycles. The first-order valence-corrected chi connectivity index (χ1v) is 9.54. The number of ether oxygens (including phenoxy) is 2. The number of methoxy groups -OCH3 is 1. The van der Waals surface area contributed by atoms with Crippen LogP contribution in [0.3, 0.4) is 0 Å². The standard InChI is InChI=1S/C18H23F3N4O2S/c1-3-22-17(24-11-16-25-15(12-28-16)18(19,20)21)23-10-13-4-6-14(7-5-13)27-9-8-26-2/h4-7,12H,3,8-11H2,1-2H3,(H2,22,23,24). The van der Waals surface area contributed by atoms with Gasteiger partial charge in [0.15, 0.2) is 11.7 Å². The summed E-state index contributed by atoms with van der Waals surface area (Å²) in [5.41, 5.74) is 0.106. The van der Waals surface area contributed by atoms with E-state index in [9.17, 15) is 13.2 Å². The van der Waals surface area contributed by atoms with Gasteiger partial charge in [0.05, 0.1) is 19.7 Å². The summed E-state index contributed by atoms with van der Waals surface area (Å²) in [6, 6.07) is 7.53. The molecule has 0 aliphatic rings. The van der Waals surface area contributed by atoms with Crippen molar-refractivity contribution < 1.29 is 22.6 Å². The van der Waals surface area contributed by atoms with Gasteiger partial charge in [0.25, 0.3) is 0 Å². The number of aliphatic imine (C=N–C) groups is 1. The zero-order valence-corrected chi connectivity index (χ0v) is 16.5. The molecular weight excluding hydrogens is 393 g/mol. The lowest BCUT2D eigenvalue weighted by molar-refractivity contribution is -0.140. The molecule has 0 radical (unpaired) electrons. The zero-order valence-electron chi connectivity index (χ0n) is 15.7. The van der Waals surface area contributed by atoms with Gasteiger partial charge in [0, 0.05) is 19.0 Å². The molecule has 0 aliphatic heterocycles. The molecule has 0 aliphatic carbocycles. The van der Waals surface area contributed by atoms with Crippen LogP contribution >= 0.6 is 11.3 Å². The quantitative estimate of drug-likeness (QED) is 0.372. The van der Waals surface area contributed by atoms with Crippen molar-refractivity contribution in [3.63, 3.8) is 0 Å². The number of aromatic nitrogens is 1. The number of hydrogen-bond acceptors (Lipinski definition) is 5. The fourth-order valence-electron chi connectivity index (χ4n) is 2.13. The van der Waals surface area contributed by atoms with Crippen molar-refractivity contribution in [3.8, 4) is 5.75 Å². The third-order valence-corrected chi connectivity index (χ3v) is 4.34. The van der Waals surface area contributed by atoms with Gasteiger partial charge in [-0.1, -0.05) is 12.1 Å². The summed E-state index contributed by atoms with van der Waals surface area (Å²) in [5.74, 6) is 1.26. The second-order valence-corrected chi connectivity index (χ2v) is 6.60. The molecule has 1 aromatic carbocycles. The van der Waals surface area contributed by atoms with Gasteiger partial charge in [0.1, 0.15) is 17.4 Å². The second-order valence-electron chi connectivity index (χ2n) is 5.66. The number of rotatable bonds is 9. The number of nitrogens with zero attached hydrogens (tertiary/aromatic N) is 2. The molecule has 0 unspecified atom stereocenters. The van der Waals surface area contributed by atoms with E-state index < -0.39 is 11.9 Å². The molecule has 1 aromatic heterocycles. The largest absolute Gasteiger partial charge is 0.491 e. The molecule has 154 valence electrons. The molecule has 0 bridgehead atoms. The summed E-state index contributed by atoms with van der Waals surface area (Å²) < 4.78 is 48.3. The van der Waals surface area contributed by atoms with E-state index in [2.05, 4.69) is 20.6 Å². The highest BCUT2D eigenvalue weighted by Crippen LogP contribution is 2.29. The lowest BCUT2D eigenvalue weighted by Gasteiger charge is -2.10. The highest BCUT2D eigenvalue weighted by atomic mass is 32.1. The Balaban J connectivity index is 1.90. The van der Waals surface area contributed by atoms with E-state index in [1.54, 1.807) is 7.11 Å². The van der Waals surface area contributed by atoms with Crippen LogP contribution in [0.15, 0.2) is 34.6 Å². The van der Waals surface area contributed by atoms with Crippen molar-refractivity contribution in [1.29, 1.82) is 0 Å². The van der Waals surface area contributed by atoms with E-state index in [-0.39, 0.29) is 6.54 Å². The molecule has 6 nitrogen and oxygen atoms in total. The van der Waals surface area contributed by atoms with E-state index in [1.165, 1.54) is 0 Å². The molecule has 0 atom stereocenters. The maximum Gasteiger partial charge on any atom is 0.434 e. The summed E-state index contributed by atoms with van der Waals surface area (Å²) in [7, 11) is 1.62. The molecule has 2 N–H and O–H groups in total. The van der Waals surface area contributed by atoms with Crippen LogP contribution < -0.4 is 15.4 Å². The Labute approximate surface area is 165 Å². The predicted octanol–water partition coefficient (Wildman–Crippen LogP) is 3.44. The van der Waals surface area contributed by atoms with Crippen LogP contribution in [0.4, 0.5) is 13.2 Å². The molecule has 1 heterocycles. The summed E-state index contributed by atoms with van der Waals surface area (Å²) in [6.45, 7) is 4.12. The number of halogens is 3. The van der Waals surface area contributed by atoms with Crippen molar-refractivity contribution in [1.82, 2.24) is 15.6 Å². The van der Waals surface area contributed by atoms with Crippen molar-refractivity contribution >= 4 is 17.3 Å². The molecular formula is C18H23F3N4O2S. The van der Waals surface area contributed by atoms with Gasteiger partial charge in [-0.25, -0.2) is 9.98 Å². The lowest BCUT2D eigenvalue weighted by Crippen LogP contribution is -2.36. The van der Waals surface area contributed by atoms with Gasteiger partial charge in [-0.15, -0.1) is 11.3 Å². The number of guanidine groups is 1. The van der Waals surface area contributed by atoms with Crippen LogP contribution in [-0.4, -0.2) is 37.8 Å². The summed E-state index contributed by atoms with van der Waals surface area (Å²) in [5, 5.41) is 7.41. The topological polar surface area (TPSA) is 67.8 Å². The van der Waals surface area contributed by atoms with Gasteiger partial charge in [0.2, 0.25) is 0 Å². The van der Waals surface area contributed by atoms with Crippen molar-refractivity contribution in [3.05, 3.63) is 45.9 Å². The molecule has 2 rings (SSSR count). The van der Waals surface area contributed by atoms with E-state index >= 15 is 0 Å². The Morgan fingerprint density at radius 2 is 1.93 bits per heavy atom. The number of benzene rings is 1. The molecule has 10 heteroatoms. The molecule has 0 spiro atoms. The Morgan fingerprint density at radius 3 is 2.54 bits per heavy atom. The summed E-state index contributed by atoms with van der Waals surface area (Å²) in [4.78, 5) is 8.05. The van der Waals surface area contributed by atoms with Crippen molar-refractivity contribution in [2.45, 2.75) is 26.2 Å². The average Bonchev–Trinajstić information content (AvgIpc) is 3.15. The maximum absolute atomic E-state index is 12.6. The van der Waals surface area contributed by atoms with Crippen LogP contribution in [0.5, 0.6) is 5.75 Å². The first-order chi connectivity index (χ1) is 13.4. The smallest absolute Gasteiger partial charge is 0.434 e. The molecule has 0 fully saturated rings. The number of thiazole rings is 1. The second kappa shape index (κ2) is 10.9. The Bertz CT molecular complexity index is 748. The minimum absolute atomic E-state index is 0.166. The van der Waals surface area contributed by atoms with E-state index in [0.29, 0.717) is 37.3 Å². The highest BCUT2D eigenvalue weighted by Gasteiger charge is 2.33. The van der Waals surface area contributed by atoms with Crippen molar-refractivity contribution in [2.24, 2.45) is 4.99 Å². The zero-order chi connectivity index (χ0) is 20.4. The SMILES string of the molecule is CCNC(=NCc1ccc(OCCOC)cc1)NCc1nc(C(F)(F)F)cs1. The third-order valence-electron chi connectivity index (χ3n) is 3.49. The Morgan fingerprint density at radius 1 is 1.18 bits per heavy atom. The van der Waals surface area contributed by atoms with E-state index in [4.69, 9.17) is 9.47 Å². The Hall–Kier alpha value is -2.33. The highest BCUT2D eigenvalue weighted by molar-refractivity contribution is 7.09. The minimum Gasteiger partial charge on any atom is -0.491 e. The minimum atomic E-state index is -4.42. The monoisotopic (exact) mass is 416 g/mol.